The summed E-state index contributed by atoms with van der Waals surface area (Å²) in [5.74, 6) is 0.882. The molecule has 2 fully saturated rings. The van der Waals surface area contributed by atoms with Crippen LogP contribution in [0.2, 0.25) is 0 Å². The molecule has 0 aromatic rings. The van der Waals surface area contributed by atoms with E-state index < -0.39 is 0 Å². The lowest BCUT2D eigenvalue weighted by Crippen LogP contribution is -2.43. The third kappa shape index (κ3) is 2.94. The van der Waals surface area contributed by atoms with Gasteiger partial charge in [0.25, 0.3) is 0 Å². The highest BCUT2D eigenvalue weighted by Gasteiger charge is 2.34. The Morgan fingerprint density at radius 2 is 2.20 bits per heavy atom. The van der Waals surface area contributed by atoms with Crippen LogP contribution in [0.25, 0.3) is 0 Å². The van der Waals surface area contributed by atoms with E-state index >= 15 is 0 Å². The summed E-state index contributed by atoms with van der Waals surface area (Å²) in [7, 11) is 0. The molecule has 1 atom stereocenters. The van der Waals surface area contributed by atoms with E-state index in [4.69, 9.17) is 0 Å². The molecule has 15 heavy (non-hydrogen) atoms. The molecule has 2 aliphatic rings. The molecule has 0 spiro atoms. The molecule has 2 N–H and O–H groups in total. The SMILES string of the molecule is CCC1(CNCC2CCCNC2)CCC1. The zero-order chi connectivity index (χ0) is 10.6. The number of hydrogen-bond donors (Lipinski definition) is 2. The van der Waals surface area contributed by atoms with Crippen LogP contribution in [-0.4, -0.2) is 26.2 Å². The van der Waals surface area contributed by atoms with Crippen molar-refractivity contribution in [2.45, 2.75) is 45.4 Å². The Bertz CT molecular complexity index is 175. The van der Waals surface area contributed by atoms with Crippen molar-refractivity contribution in [1.82, 2.24) is 10.6 Å². The molecule has 0 bridgehead atoms. The van der Waals surface area contributed by atoms with Gasteiger partial charge < -0.3 is 10.6 Å². The van der Waals surface area contributed by atoms with Crippen molar-refractivity contribution in [2.24, 2.45) is 11.3 Å². The zero-order valence-electron chi connectivity index (χ0n) is 10.1. The minimum absolute atomic E-state index is 0.683. The molecule has 1 unspecified atom stereocenters. The fourth-order valence-corrected chi connectivity index (χ4v) is 2.97. The minimum Gasteiger partial charge on any atom is -0.316 e. The van der Waals surface area contributed by atoms with E-state index in [0.29, 0.717) is 5.41 Å². The van der Waals surface area contributed by atoms with Crippen molar-refractivity contribution >= 4 is 0 Å². The first-order valence-corrected chi connectivity index (χ1v) is 6.76. The average molecular weight is 210 g/mol. The van der Waals surface area contributed by atoms with E-state index in [1.54, 1.807) is 0 Å². The molecule has 1 aliphatic heterocycles. The molecule has 0 radical (unpaired) electrons. The van der Waals surface area contributed by atoms with Crippen LogP contribution in [0.1, 0.15) is 45.4 Å². The van der Waals surface area contributed by atoms with Crippen LogP contribution >= 0.6 is 0 Å². The molecule has 2 rings (SSSR count). The summed E-state index contributed by atoms with van der Waals surface area (Å²) in [5.41, 5.74) is 0.683. The molecule has 0 amide bonds. The molecule has 1 heterocycles. The van der Waals surface area contributed by atoms with Crippen molar-refractivity contribution in [1.29, 1.82) is 0 Å². The van der Waals surface area contributed by atoms with Gasteiger partial charge >= 0.3 is 0 Å². The maximum Gasteiger partial charge on any atom is 0.000783 e. The van der Waals surface area contributed by atoms with Gasteiger partial charge in [0.15, 0.2) is 0 Å². The summed E-state index contributed by atoms with van der Waals surface area (Å²) < 4.78 is 0. The maximum atomic E-state index is 3.71. The first-order valence-electron chi connectivity index (χ1n) is 6.76. The smallest absolute Gasteiger partial charge is 0.000783 e. The predicted octanol–water partition coefficient (Wildman–Crippen LogP) is 2.16. The van der Waals surface area contributed by atoms with Crippen LogP contribution in [0.15, 0.2) is 0 Å². The molecular formula is C13H26N2. The van der Waals surface area contributed by atoms with E-state index in [2.05, 4.69) is 17.6 Å². The highest BCUT2D eigenvalue weighted by Crippen LogP contribution is 2.43. The van der Waals surface area contributed by atoms with E-state index in [1.807, 2.05) is 0 Å². The Morgan fingerprint density at radius 1 is 1.33 bits per heavy atom. The predicted molar refractivity (Wildman–Crippen MR) is 65.0 cm³/mol. The van der Waals surface area contributed by atoms with Crippen LogP contribution in [0, 0.1) is 11.3 Å². The van der Waals surface area contributed by atoms with Crippen molar-refractivity contribution < 1.29 is 0 Å². The summed E-state index contributed by atoms with van der Waals surface area (Å²) >= 11 is 0. The second-order valence-electron chi connectivity index (χ2n) is 5.55. The lowest BCUT2D eigenvalue weighted by molar-refractivity contribution is 0.121. The van der Waals surface area contributed by atoms with Crippen molar-refractivity contribution in [2.75, 3.05) is 26.2 Å². The summed E-state index contributed by atoms with van der Waals surface area (Å²) in [5, 5.41) is 7.19. The van der Waals surface area contributed by atoms with Gasteiger partial charge in [0, 0.05) is 6.54 Å². The maximum absolute atomic E-state index is 3.71. The van der Waals surface area contributed by atoms with E-state index in [9.17, 15) is 0 Å². The number of piperidine rings is 1. The van der Waals surface area contributed by atoms with Crippen molar-refractivity contribution in [3.05, 3.63) is 0 Å². The van der Waals surface area contributed by atoms with Crippen molar-refractivity contribution in [3.63, 3.8) is 0 Å². The van der Waals surface area contributed by atoms with Crippen LogP contribution in [0.5, 0.6) is 0 Å². The lowest BCUT2D eigenvalue weighted by Gasteiger charge is -2.42. The average Bonchev–Trinajstić information content (AvgIpc) is 2.24. The topological polar surface area (TPSA) is 24.1 Å². The third-order valence-electron chi connectivity index (χ3n) is 4.50. The summed E-state index contributed by atoms with van der Waals surface area (Å²) in [4.78, 5) is 0. The first-order chi connectivity index (χ1) is 7.35. The molecule has 1 saturated heterocycles. The summed E-state index contributed by atoms with van der Waals surface area (Å²) in [6.07, 6.45) is 8.52. The molecule has 1 saturated carbocycles. The largest absolute Gasteiger partial charge is 0.316 e. The Morgan fingerprint density at radius 3 is 2.73 bits per heavy atom. The fourth-order valence-electron chi connectivity index (χ4n) is 2.97. The lowest BCUT2D eigenvalue weighted by atomic mass is 9.67. The quantitative estimate of drug-likeness (QED) is 0.726. The Hall–Kier alpha value is -0.0800. The van der Waals surface area contributed by atoms with Crippen LogP contribution in [0.4, 0.5) is 0 Å². The molecule has 2 nitrogen and oxygen atoms in total. The molecule has 0 aromatic heterocycles. The van der Waals surface area contributed by atoms with E-state index in [1.165, 1.54) is 64.7 Å². The van der Waals surface area contributed by atoms with Gasteiger partial charge in [-0.05, 0) is 63.1 Å². The second kappa shape index (κ2) is 5.31. The fraction of sp³-hybridized carbons (Fsp3) is 1.00. The number of rotatable bonds is 5. The van der Waals surface area contributed by atoms with Crippen LogP contribution in [-0.2, 0) is 0 Å². The Labute approximate surface area is 94.2 Å². The first kappa shape index (κ1) is 11.4. The van der Waals surface area contributed by atoms with Crippen LogP contribution in [0.3, 0.4) is 0 Å². The number of nitrogens with one attached hydrogen (secondary N) is 2. The van der Waals surface area contributed by atoms with E-state index in [-0.39, 0.29) is 0 Å². The Kier molecular flexibility index (Phi) is 4.04. The van der Waals surface area contributed by atoms with Gasteiger partial charge in [0.05, 0.1) is 0 Å². The normalized spacial score (nSPS) is 29.8. The van der Waals surface area contributed by atoms with Crippen molar-refractivity contribution in [3.8, 4) is 0 Å². The molecule has 88 valence electrons. The van der Waals surface area contributed by atoms with Gasteiger partial charge in [-0.15, -0.1) is 0 Å². The molecular weight excluding hydrogens is 184 g/mol. The molecule has 0 aromatic carbocycles. The zero-order valence-corrected chi connectivity index (χ0v) is 10.1. The van der Waals surface area contributed by atoms with E-state index in [0.717, 1.165) is 5.92 Å². The molecule has 1 aliphatic carbocycles. The second-order valence-corrected chi connectivity index (χ2v) is 5.55. The van der Waals surface area contributed by atoms with Gasteiger partial charge in [-0.1, -0.05) is 13.3 Å². The summed E-state index contributed by atoms with van der Waals surface area (Å²) in [6.45, 7) is 7.30. The third-order valence-corrected chi connectivity index (χ3v) is 4.50. The van der Waals surface area contributed by atoms with Gasteiger partial charge in [0.1, 0.15) is 0 Å². The standard InChI is InChI=1S/C13H26N2/c1-2-13(6-4-7-13)11-15-10-12-5-3-8-14-9-12/h12,14-15H,2-11H2,1H3. The van der Waals surface area contributed by atoms with Gasteiger partial charge in [-0.2, -0.15) is 0 Å². The van der Waals surface area contributed by atoms with Gasteiger partial charge in [-0.3, -0.25) is 0 Å². The summed E-state index contributed by atoms with van der Waals surface area (Å²) in [6, 6.07) is 0. The molecule has 2 heteroatoms. The Balaban J connectivity index is 1.61. The minimum atomic E-state index is 0.683. The van der Waals surface area contributed by atoms with Gasteiger partial charge in [-0.25, -0.2) is 0 Å². The monoisotopic (exact) mass is 210 g/mol. The van der Waals surface area contributed by atoms with Gasteiger partial charge in [0.2, 0.25) is 0 Å². The highest BCUT2D eigenvalue weighted by atomic mass is 14.9. The highest BCUT2D eigenvalue weighted by molar-refractivity contribution is 4.88. The van der Waals surface area contributed by atoms with Crippen LogP contribution < -0.4 is 10.6 Å². The number of hydrogen-bond acceptors (Lipinski definition) is 2.